The van der Waals surface area contributed by atoms with Crippen LogP contribution in [0.15, 0.2) is 60.7 Å². The number of para-hydroxylation sites is 2. The molecule has 0 spiro atoms. The highest BCUT2D eigenvalue weighted by molar-refractivity contribution is 6.44. The lowest BCUT2D eigenvalue weighted by atomic mass is 10.2. The summed E-state index contributed by atoms with van der Waals surface area (Å²) in [5.74, 6) is -1.06. The number of rotatable bonds is 5. The first-order chi connectivity index (χ1) is 10.6. The van der Waals surface area contributed by atoms with Crippen molar-refractivity contribution in [3.8, 4) is 0 Å². The number of alkyl halides is 2. The lowest BCUT2D eigenvalue weighted by Crippen LogP contribution is -2.38. The number of hydrogen-bond donors (Lipinski definition) is 2. The van der Waals surface area contributed by atoms with E-state index in [1.807, 2.05) is 12.1 Å². The zero-order valence-electron chi connectivity index (χ0n) is 11.5. The molecule has 6 heteroatoms. The van der Waals surface area contributed by atoms with Crippen LogP contribution in [0.4, 0.5) is 11.4 Å². The third-order valence-corrected chi connectivity index (χ3v) is 3.87. The minimum atomic E-state index is -1.19. The maximum atomic E-state index is 12.0. The van der Waals surface area contributed by atoms with Crippen molar-refractivity contribution in [2.45, 2.75) is 10.8 Å². The van der Waals surface area contributed by atoms with Crippen LogP contribution in [0.1, 0.15) is 0 Å². The molecule has 2 amide bonds. The predicted octanol–water partition coefficient (Wildman–Crippen LogP) is 3.48. The molecule has 0 heterocycles. The van der Waals surface area contributed by atoms with Crippen LogP contribution >= 0.6 is 23.2 Å². The van der Waals surface area contributed by atoms with Crippen molar-refractivity contribution in [1.29, 1.82) is 0 Å². The number of nitrogens with one attached hydrogen (secondary N) is 2. The quantitative estimate of drug-likeness (QED) is 0.821. The first kappa shape index (κ1) is 16.3. The van der Waals surface area contributed by atoms with Crippen LogP contribution in [-0.2, 0) is 9.59 Å². The molecule has 0 saturated carbocycles. The maximum absolute atomic E-state index is 12.0. The highest BCUT2D eigenvalue weighted by Crippen LogP contribution is 2.16. The minimum absolute atomic E-state index is 0.531. The Morgan fingerprint density at radius 1 is 0.682 bits per heavy atom. The van der Waals surface area contributed by atoms with E-state index < -0.39 is 22.6 Å². The van der Waals surface area contributed by atoms with E-state index in [0.717, 1.165) is 0 Å². The van der Waals surface area contributed by atoms with Crippen molar-refractivity contribution in [2.24, 2.45) is 0 Å². The molecule has 2 unspecified atom stereocenters. The average molecular weight is 337 g/mol. The SMILES string of the molecule is O=C(Nc1ccccc1)C(Cl)C(Cl)C(=O)Nc1ccccc1. The van der Waals surface area contributed by atoms with Gasteiger partial charge in [0.15, 0.2) is 0 Å². The molecule has 0 aliphatic rings. The molecule has 2 rings (SSSR count). The Morgan fingerprint density at radius 3 is 1.32 bits per heavy atom. The fourth-order valence-corrected chi connectivity index (χ4v) is 2.07. The summed E-state index contributed by atoms with van der Waals surface area (Å²) < 4.78 is 0. The molecule has 4 nitrogen and oxygen atoms in total. The van der Waals surface area contributed by atoms with Crippen LogP contribution in [0.25, 0.3) is 0 Å². The van der Waals surface area contributed by atoms with Gasteiger partial charge in [0.2, 0.25) is 11.8 Å². The molecule has 0 fully saturated rings. The van der Waals surface area contributed by atoms with E-state index in [1.165, 1.54) is 0 Å². The van der Waals surface area contributed by atoms with Gasteiger partial charge in [-0.25, -0.2) is 0 Å². The summed E-state index contributed by atoms with van der Waals surface area (Å²) in [7, 11) is 0. The van der Waals surface area contributed by atoms with Gasteiger partial charge in [0.05, 0.1) is 0 Å². The molecule has 0 aliphatic heterocycles. The standard InChI is InChI=1S/C16H14Cl2N2O2/c17-13(15(21)19-11-7-3-1-4-8-11)14(18)16(22)20-12-9-5-2-6-10-12/h1-10,13-14H,(H,19,21)(H,20,22). The molecular weight excluding hydrogens is 323 g/mol. The topological polar surface area (TPSA) is 58.2 Å². The molecule has 0 saturated heterocycles. The van der Waals surface area contributed by atoms with Gasteiger partial charge in [-0.1, -0.05) is 36.4 Å². The van der Waals surface area contributed by atoms with Crippen molar-refractivity contribution >= 4 is 46.4 Å². The molecule has 0 aromatic heterocycles. The van der Waals surface area contributed by atoms with Crippen LogP contribution < -0.4 is 10.6 Å². The molecule has 2 aromatic rings. The van der Waals surface area contributed by atoms with E-state index in [0.29, 0.717) is 11.4 Å². The Balaban J connectivity index is 1.94. The Labute approximate surface area is 138 Å². The Morgan fingerprint density at radius 2 is 1.00 bits per heavy atom. The van der Waals surface area contributed by atoms with Crippen molar-refractivity contribution < 1.29 is 9.59 Å². The number of carbonyl (C=O) groups is 2. The molecule has 2 aromatic carbocycles. The summed E-state index contributed by atoms with van der Waals surface area (Å²) in [5, 5.41) is 2.83. The summed E-state index contributed by atoms with van der Waals surface area (Å²) in [6.45, 7) is 0. The van der Waals surface area contributed by atoms with E-state index in [4.69, 9.17) is 23.2 Å². The van der Waals surface area contributed by atoms with E-state index >= 15 is 0 Å². The molecule has 2 atom stereocenters. The number of anilines is 2. The number of carbonyl (C=O) groups excluding carboxylic acids is 2. The molecule has 0 bridgehead atoms. The number of halogens is 2. The van der Waals surface area contributed by atoms with E-state index in [9.17, 15) is 9.59 Å². The Hall–Kier alpha value is -2.04. The predicted molar refractivity (Wildman–Crippen MR) is 89.4 cm³/mol. The van der Waals surface area contributed by atoms with Gasteiger partial charge in [-0.15, -0.1) is 23.2 Å². The second-order valence-electron chi connectivity index (χ2n) is 4.51. The summed E-state index contributed by atoms with van der Waals surface area (Å²) >= 11 is 12.0. The molecule has 0 radical (unpaired) electrons. The van der Waals surface area contributed by atoms with Gasteiger partial charge in [0.25, 0.3) is 0 Å². The van der Waals surface area contributed by atoms with Gasteiger partial charge >= 0.3 is 0 Å². The smallest absolute Gasteiger partial charge is 0.244 e. The molecule has 0 aliphatic carbocycles. The third-order valence-electron chi connectivity index (χ3n) is 2.84. The van der Waals surface area contributed by atoms with Gasteiger partial charge in [-0.2, -0.15) is 0 Å². The van der Waals surface area contributed by atoms with Gasteiger partial charge < -0.3 is 10.6 Å². The number of hydrogen-bond acceptors (Lipinski definition) is 2. The summed E-state index contributed by atoms with van der Waals surface area (Å²) in [6, 6.07) is 17.6. The lowest BCUT2D eigenvalue weighted by Gasteiger charge is -2.16. The van der Waals surface area contributed by atoms with Gasteiger partial charge in [0.1, 0.15) is 10.8 Å². The Bertz CT molecular complexity index is 578. The highest BCUT2D eigenvalue weighted by Gasteiger charge is 2.30. The van der Waals surface area contributed by atoms with Crippen LogP contribution in [0.2, 0.25) is 0 Å². The lowest BCUT2D eigenvalue weighted by molar-refractivity contribution is -0.120. The summed E-state index contributed by atoms with van der Waals surface area (Å²) in [5.41, 5.74) is 1.18. The first-order valence-corrected chi connectivity index (χ1v) is 7.45. The molecular formula is C16H14Cl2N2O2. The largest absolute Gasteiger partial charge is 0.325 e. The second-order valence-corrected chi connectivity index (χ2v) is 5.45. The van der Waals surface area contributed by atoms with Crippen LogP contribution in [0.3, 0.4) is 0 Å². The van der Waals surface area contributed by atoms with Crippen LogP contribution in [0.5, 0.6) is 0 Å². The molecule has 114 valence electrons. The zero-order valence-corrected chi connectivity index (χ0v) is 13.0. The monoisotopic (exact) mass is 336 g/mol. The second kappa shape index (κ2) is 7.82. The normalized spacial score (nSPS) is 13.0. The first-order valence-electron chi connectivity index (χ1n) is 6.58. The van der Waals surface area contributed by atoms with Crippen molar-refractivity contribution in [2.75, 3.05) is 10.6 Å². The van der Waals surface area contributed by atoms with Gasteiger partial charge in [0, 0.05) is 11.4 Å². The summed E-state index contributed by atoms with van der Waals surface area (Å²) in [4.78, 5) is 24.0. The Kier molecular flexibility index (Phi) is 5.81. The van der Waals surface area contributed by atoms with Crippen molar-refractivity contribution in [3.63, 3.8) is 0 Å². The van der Waals surface area contributed by atoms with Crippen LogP contribution in [-0.4, -0.2) is 22.6 Å². The summed E-state index contributed by atoms with van der Waals surface area (Å²) in [6.07, 6.45) is 0. The van der Waals surface area contributed by atoms with Gasteiger partial charge in [-0.05, 0) is 24.3 Å². The minimum Gasteiger partial charge on any atom is -0.325 e. The van der Waals surface area contributed by atoms with Crippen molar-refractivity contribution in [1.82, 2.24) is 0 Å². The highest BCUT2D eigenvalue weighted by atomic mass is 35.5. The van der Waals surface area contributed by atoms with E-state index in [2.05, 4.69) is 10.6 Å². The average Bonchev–Trinajstić information content (AvgIpc) is 2.55. The zero-order chi connectivity index (χ0) is 15.9. The number of benzene rings is 2. The third kappa shape index (κ3) is 4.48. The van der Waals surface area contributed by atoms with E-state index in [1.54, 1.807) is 48.5 Å². The molecule has 22 heavy (non-hydrogen) atoms. The maximum Gasteiger partial charge on any atom is 0.244 e. The van der Waals surface area contributed by atoms with Crippen LogP contribution in [0, 0.1) is 0 Å². The van der Waals surface area contributed by atoms with Gasteiger partial charge in [-0.3, -0.25) is 9.59 Å². The number of amides is 2. The van der Waals surface area contributed by atoms with Crippen molar-refractivity contribution in [3.05, 3.63) is 60.7 Å². The molecule has 2 N–H and O–H groups in total. The van der Waals surface area contributed by atoms with E-state index in [-0.39, 0.29) is 0 Å². The fourth-order valence-electron chi connectivity index (χ4n) is 1.73. The fraction of sp³-hybridized carbons (Fsp3) is 0.125.